The summed E-state index contributed by atoms with van der Waals surface area (Å²) in [6.45, 7) is 4.17. The number of amides is 1. The molecule has 0 rings (SSSR count). The van der Waals surface area contributed by atoms with E-state index in [0.717, 1.165) is 0 Å². The van der Waals surface area contributed by atoms with Gasteiger partial charge in [0.2, 0.25) is 15.9 Å². The van der Waals surface area contributed by atoms with Gasteiger partial charge in [0.15, 0.2) is 0 Å². The lowest BCUT2D eigenvalue weighted by molar-refractivity contribution is -0.121. The fourth-order valence-electron chi connectivity index (χ4n) is 1.06. The smallest absolute Gasteiger partial charge is 0.221 e. The fraction of sp³-hybridized carbons (Fsp3) is 0.889. The van der Waals surface area contributed by atoms with Crippen molar-refractivity contribution in [3.8, 4) is 0 Å². The quantitative estimate of drug-likeness (QED) is 0.524. The van der Waals surface area contributed by atoms with Crippen LogP contribution in [-0.4, -0.2) is 39.2 Å². The average Bonchev–Trinajstić information content (AvgIpc) is 2.13. The van der Waals surface area contributed by atoms with Crippen LogP contribution in [-0.2, 0) is 14.8 Å². The summed E-state index contributed by atoms with van der Waals surface area (Å²) in [5.74, 6) is -0.147. The molecule has 0 radical (unpaired) electrons. The number of nitrogens with two attached hydrogens (primary N) is 1. The van der Waals surface area contributed by atoms with E-state index in [-0.39, 0.29) is 30.7 Å². The Bertz CT molecular complexity index is 301. The van der Waals surface area contributed by atoms with Crippen LogP contribution in [0.1, 0.15) is 26.7 Å². The van der Waals surface area contributed by atoms with Crippen molar-refractivity contribution in [2.24, 2.45) is 5.73 Å². The van der Waals surface area contributed by atoms with Crippen molar-refractivity contribution < 1.29 is 13.2 Å². The summed E-state index contributed by atoms with van der Waals surface area (Å²) in [4.78, 5) is 11.2. The minimum atomic E-state index is -3.28. The predicted octanol–water partition coefficient (Wildman–Crippen LogP) is -0.831. The summed E-state index contributed by atoms with van der Waals surface area (Å²) in [7, 11) is -3.28. The molecule has 0 saturated carbocycles. The van der Waals surface area contributed by atoms with Gasteiger partial charge in [-0.3, -0.25) is 4.79 Å². The molecule has 0 aliphatic carbocycles. The van der Waals surface area contributed by atoms with Gasteiger partial charge in [0.1, 0.15) is 0 Å². The van der Waals surface area contributed by atoms with E-state index in [2.05, 4.69) is 10.0 Å². The third-order valence-corrected chi connectivity index (χ3v) is 3.21. The molecule has 0 aliphatic rings. The van der Waals surface area contributed by atoms with Crippen LogP contribution in [0.15, 0.2) is 0 Å². The summed E-state index contributed by atoms with van der Waals surface area (Å²) in [5, 5.41) is 2.68. The van der Waals surface area contributed by atoms with Crippen molar-refractivity contribution in [2.45, 2.75) is 32.7 Å². The van der Waals surface area contributed by atoms with E-state index in [0.29, 0.717) is 13.0 Å². The molecule has 0 heterocycles. The van der Waals surface area contributed by atoms with Crippen molar-refractivity contribution in [3.05, 3.63) is 0 Å². The molecule has 0 aliphatic heterocycles. The largest absolute Gasteiger partial charge is 0.354 e. The topological polar surface area (TPSA) is 101 Å². The summed E-state index contributed by atoms with van der Waals surface area (Å²) in [6, 6.07) is 0.0707. The molecule has 0 aromatic heterocycles. The van der Waals surface area contributed by atoms with Crippen LogP contribution in [0.5, 0.6) is 0 Å². The Morgan fingerprint density at radius 2 is 2.00 bits per heavy atom. The van der Waals surface area contributed by atoms with E-state index < -0.39 is 10.0 Å². The zero-order valence-electron chi connectivity index (χ0n) is 9.82. The molecule has 4 N–H and O–H groups in total. The van der Waals surface area contributed by atoms with Gasteiger partial charge >= 0.3 is 0 Å². The van der Waals surface area contributed by atoms with Gasteiger partial charge in [-0.25, -0.2) is 13.1 Å². The van der Waals surface area contributed by atoms with E-state index in [1.165, 1.54) is 0 Å². The van der Waals surface area contributed by atoms with Crippen LogP contribution in [0, 0.1) is 0 Å². The second kappa shape index (κ2) is 7.59. The normalized spacial score (nSPS) is 11.8. The lowest BCUT2D eigenvalue weighted by atomic mass is 10.3. The van der Waals surface area contributed by atoms with E-state index >= 15 is 0 Å². The van der Waals surface area contributed by atoms with E-state index in [1.54, 1.807) is 0 Å². The van der Waals surface area contributed by atoms with Crippen LogP contribution in [0.4, 0.5) is 0 Å². The molecular weight excluding hydrogens is 230 g/mol. The Hall–Kier alpha value is -0.660. The van der Waals surface area contributed by atoms with Crippen LogP contribution in [0.3, 0.4) is 0 Å². The Morgan fingerprint density at radius 1 is 1.38 bits per heavy atom. The van der Waals surface area contributed by atoms with Crippen LogP contribution < -0.4 is 15.8 Å². The molecule has 0 aromatic rings. The van der Waals surface area contributed by atoms with Gasteiger partial charge in [0.05, 0.1) is 5.75 Å². The zero-order valence-corrected chi connectivity index (χ0v) is 10.6. The lowest BCUT2D eigenvalue weighted by Crippen LogP contribution is -2.35. The second-order valence-corrected chi connectivity index (χ2v) is 5.75. The Kier molecular flexibility index (Phi) is 7.27. The highest BCUT2D eigenvalue weighted by Crippen LogP contribution is 1.89. The lowest BCUT2D eigenvalue weighted by Gasteiger charge is -2.09. The highest BCUT2D eigenvalue weighted by atomic mass is 32.2. The summed E-state index contributed by atoms with van der Waals surface area (Å²) < 4.78 is 24.9. The van der Waals surface area contributed by atoms with Gasteiger partial charge in [-0.05, 0) is 26.8 Å². The second-order valence-electron chi connectivity index (χ2n) is 3.83. The number of hydrogen-bond acceptors (Lipinski definition) is 4. The molecular formula is C9H21N3O3S. The van der Waals surface area contributed by atoms with Gasteiger partial charge in [0.25, 0.3) is 0 Å². The molecule has 0 bridgehead atoms. The molecule has 0 spiro atoms. The third-order valence-electron chi connectivity index (χ3n) is 1.74. The Balaban J connectivity index is 3.76. The standard InChI is InChI=1S/C9H21N3O3S/c1-8(2)12-9(13)4-6-11-16(14,15)7-3-5-10/h8,11H,3-7,10H2,1-2H3,(H,12,13). The van der Waals surface area contributed by atoms with E-state index in [1.807, 2.05) is 13.8 Å². The molecule has 16 heavy (non-hydrogen) atoms. The van der Waals surface area contributed by atoms with Crippen molar-refractivity contribution in [2.75, 3.05) is 18.8 Å². The van der Waals surface area contributed by atoms with Gasteiger partial charge < -0.3 is 11.1 Å². The summed E-state index contributed by atoms with van der Waals surface area (Å²) in [6.07, 6.45) is 0.577. The fourth-order valence-corrected chi connectivity index (χ4v) is 2.16. The van der Waals surface area contributed by atoms with Crippen molar-refractivity contribution in [1.82, 2.24) is 10.0 Å². The Morgan fingerprint density at radius 3 is 2.50 bits per heavy atom. The maximum absolute atomic E-state index is 11.3. The molecule has 1 amide bonds. The molecule has 6 nitrogen and oxygen atoms in total. The highest BCUT2D eigenvalue weighted by Gasteiger charge is 2.10. The van der Waals surface area contributed by atoms with Gasteiger partial charge in [-0.2, -0.15) is 0 Å². The molecule has 0 aromatic carbocycles. The minimum Gasteiger partial charge on any atom is -0.354 e. The van der Waals surface area contributed by atoms with Gasteiger partial charge in [-0.1, -0.05) is 0 Å². The van der Waals surface area contributed by atoms with Gasteiger partial charge in [-0.15, -0.1) is 0 Å². The average molecular weight is 251 g/mol. The predicted molar refractivity (Wildman–Crippen MR) is 63.4 cm³/mol. The van der Waals surface area contributed by atoms with E-state index in [9.17, 15) is 13.2 Å². The van der Waals surface area contributed by atoms with Crippen LogP contribution >= 0.6 is 0 Å². The van der Waals surface area contributed by atoms with Crippen molar-refractivity contribution >= 4 is 15.9 Å². The molecule has 0 unspecified atom stereocenters. The molecule has 0 saturated heterocycles. The van der Waals surface area contributed by atoms with Crippen molar-refractivity contribution in [3.63, 3.8) is 0 Å². The molecule has 96 valence electrons. The molecule has 0 atom stereocenters. The van der Waals surface area contributed by atoms with E-state index in [4.69, 9.17) is 5.73 Å². The molecule has 0 fully saturated rings. The number of nitrogens with one attached hydrogen (secondary N) is 2. The maximum Gasteiger partial charge on any atom is 0.221 e. The number of hydrogen-bond donors (Lipinski definition) is 3. The zero-order chi connectivity index (χ0) is 12.6. The first-order chi connectivity index (χ1) is 7.37. The highest BCUT2D eigenvalue weighted by molar-refractivity contribution is 7.89. The minimum absolute atomic E-state index is 0.00923. The number of sulfonamides is 1. The monoisotopic (exact) mass is 251 g/mol. The first-order valence-corrected chi connectivity index (χ1v) is 6.99. The van der Waals surface area contributed by atoms with Crippen LogP contribution in [0.2, 0.25) is 0 Å². The summed E-state index contributed by atoms with van der Waals surface area (Å²) in [5.41, 5.74) is 5.21. The number of rotatable bonds is 8. The van der Waals surface area contributed by atoms with Gasteiger partial charge in [0, 0.05) is 19.0 Å². The first kappa shape index (κ1) is 15.3. The number of carbonyl (C=O) groups is 1. The summed E-state index contributed by atoms with van der Waals surface area (Å²) >= 11 is 0. The third kappa shape index (κ3) is 8.63. The van der Waals surface area contributed by atoms with Crippen molar-refractivity contribution in [1.29, 1.82) is 0 Å². The SMILES string of the molecule is CC(C)NC(=O)CCNS(=O)(=O)CCCN. The maximum atomic E-state index is 11.3. The first-order valence-electron chi connectivity index (χ1n) is 5.34. The Labute approximate surface area is 97.0 Å². The van der Waals surface area contributed by atoms with Crippen LogP contribution in [0.25, 0.3) is 0 Å². The molecule has 7 heteroatoms. The number of carbonyl (C=O) groups excluding carboxylic acids is 1.